The fourth-order valence-electron chi connectivity index (χ4n) is 2.32. The molecule has 1 saturated heterocycles. The molecule has 1 aromatic rings. The normalized spacial score (nSPS) is 16.1. The SMILES string of the molecule is O=C(O)c1cc(S(=O)(=O)NCCN2CCCC2)c(Cl)cc1Cl. The maximum absolute atomic E-state index is 12.3. The second kappa shape index (κ2) is 7.14. The zero-order valence-electron chi connectivity index (χ0n) is 11.7. The van der Waals surface area contributed by atoms with Gasteiger partial charge in [-0.3, -0.25) is 0 Å². The summed E-state index contributed by atoms with van der Waals surface area (Å²) in [5.41, 5.74) is -0.300. The van der Waals surface area contributed by atoms with Crippen LogP contribution in [0.5, 0.6) is 0 Å². The Balaban J connectivity index is 2.14. The van der Waals surface area contributed by atoms with Gasteiger partial charge in [-0.15, -0.1) is 0 Å². The molecule has 0 saturated carbocycles. The number of hydrogen-bond donors (Lipinski definition) is 2. The number of likely N-dealkylation sites (tertiary alicyclic amines) is 1. The van der Waals surface area contributed by atoms with Crippen LogP contribution in [0.15, 0.2) is 17.0 Å². The molecule has 1 heterocycles. The lowest BCUT2D eigenvalue weighted by Gasteiger charge is -2.15. The van der Waals surface area contributed by atoms with E-state index in [0.717, 1.165) is 38.1 Å². The topological polar surface area (TPSA) is 86.7 Å². The fourth-order valence-corrected chi connectivity index (χ4v) is 4.19. The van der Waals surface area contributed by atoms with E-state index in [1.54, 1.807) is 0 Å². The Morgan fingerprint density at radius 2 is 1.86 bits per heavy atom. The van der Waals surface area contributed by atoms with Gasteiger partial charge in [0.15, 0.2) is 0 Å². The first-order valence-corrected chi connectivity index (χ1v) is 8.99. The highest BCUT2D eigenvalue weighted by atomic mass is 35.5. The summed E-state index contributed by atoms with van der Waals surface area (Å²) in [6.45, 7) is 2.78. The molecule has 1 aromatic carbocycles. The van der Waals surface area contributed by atoms with Gasteiger partial charge in [0.1, 0.15) is 4.90 Å². The zero-order valence-corrected chi connectivity index (χ0v) is 14.0. The van der Waals surface area contributed by atoms with Crippen LogP contribution in [0.1, 0.15) is 23.2 Å². The van der Waals surface area contributed by atoms with Gasteiger partial charge in [0.2, 0.25) is 10.0 Å². The molecule has 0 amide bonds. The van der Waals surface area contributed by atoms with Crippen molar-refractivity contribution in [2.75, 3.05) is 26.2 Å². The summed E-state index contributed by atoms with van der Waals surface area (Å²) < 4.78 is 27.0. The number of nitrogens with one attached hydrogen (secondary N) is 1. The highest BCUT2D eigenvalue weighted by Crippen LogP contribution is 2.28. The average molecular weight is 367 g/mol. The van der Waals surface area contributed by atoms with Crippen LogP contribution in [-0.4, -0.2) is 50.6 Å². The van der Waals surface area contributed by atoms with Gasteiger partial charge >= 0.3 is 5.97 Å². The molecular weight excluding hydrogens is 351 g/mol. The van der Waals surface area contributed by atoms with Crippen LogP contribution in [0.3, 0.4) is 0 Å². The lowest BCUT2D eigenvalue weighted by Crippen LogP contribution is -2.33. The van der Waals surface area contributed by atoms with Crippen LogP contribution in [0.25, 0.3) is 0 Å². The molecule has 6 nitrogen and oxygen atoms in total. The van der Waals surface area contributed by atoms with E-state index >= 15 is 0 Å². The second-order valence-corrected chi connectivity index (χ2v) is 7.56. The number of sulfonamides is 1. The number of aromatic carboxylic acids is 1. The summed E-state index contributed by atoms with van der Waals surface area (Å²) >= 11 is 11.6. The molecule has 2 N–H and O–H groups in total. The number of hydrogen-bond acceptors (Lipinski definition) is 4. The van der Waals surface area contributed by atoms with Gasteiger partial charge in [0.25, 0.3) is 0 Å². The van der Waals surface area contributed by atoms with Crippen molar-refractivity contribution in [2.24, 2.45) is 0 Å². The van der Waals surface area contributed by atoms with Gasteiger partial charge in [-0.2, -0.15) is 0 Å². The van der Waals surface area contributed by atoms with Crippen LogP contribution in [-0.2, 0) is 10.0 Å². The fraction of sp³-hybridized carbons (Fsp3) is 0.462. The molecule has 0 radical (unpaired) electrons. The number of carboxylic acids is 1. The Hall–Kier alpha value is -0.860. The first-order chi connectivity index (χ1) is 10.3. The van der Waals surface area contributed by atoms with Crippen molar-refractivity contribution in [3.8, 4) is 0 Å². The summed E-state index contributed by atoms with van der Waals surface area (Å²) in [4.78, 5) is 12.9. The van der Waals surface area contributed by atoms with E-state index in [1.165, 1.54) is 0 Å². The van der Waals surface area contributed by atoms with Crippen molar-refractivity contribution in [2.45, 2.75) is 17.7 Å². The van der Waals surface area contributed by atoms with E-state index in [2.05, 4.69) is 9.62 Å². The van der Waals surface area contributed by atoms with E-state index in [-0.39, 0.29) is 27.0 Å². The Morgan fingerprint density at radius 1 is 1.23 bits per heavy atom. The lowest BCUT2D eigenvalue weighted by atomic mass is 10.2. The summed E-state index contributed by atoms with van der Waals surface area (Å²) in [6, 6.07) is 2.10. The average Bonchev–Trinajstić information content (AvgIpc) is 2.90. The third-order valence-electron chi connectivity index (χ3n) is 3.46. The van der Waals surface area contributed by atoms with Crippen LogP contribution in [0, 0.1) is 0 Å². The van der Waals surface area contributed by atoms with Crippen molar-refractivity contribution in [3.63, 3.8) is 0 Å². The van der Waals surface area contributed by atoms with Crippen molar-refractivity contribution >= 4 is 39.2 Å². The van der Waals surface area contributed by atoms with E-state index in [0.29, 0.717) is 6.54 Å². The molecule has 0 unspecified atom stereocenters. The van der Waals surface area contributed by atoms with E-state index < -0.39 is 16.0 Å². The predicted octanol–water partition coefficient (Wildman–Crippen LogP) is 2.07. The Labute approximate surface area is 139 Å². The summed E-state index contributed by atoms with van der Waals surface area (Å²) in [5, 5.41) is 8.81. The van der Waals surface area contributed by atoms with E-state index in [1.807, 2.05) is 0 Å². The zero-order chi connectivity index (χ0) is 16.3. The molecule has 0 spiro atoms. The summed E-state index contributed by atoms with van der Waals surface area (Å²) in [5.74, 6) is -1.31. The van der Waals surface area contributed by atoms with Gasteiger partial charge in [-0.25, -0.2) is 17.9 Å². The van der Waals surface area contributed by atoms with Crippen molar-refractivity contribution < 1.29 is 18.3 Å². The van der Waals surface area contributed by atoms with Gasteiger partial charge < -0.3 is 10.0 Å². The van der Waals surface area contributed by atoms with Crippen molar-refractivity contribution in [3.05, 3.63) is 27.7 Å². The number of nitrogens with zero attached hydrogens (tertiary/aromatic N) is 1. The first-order valence-electron chi connectivity index (χ1n) is 6.75. The smallest absolute Gasteiger partial charge is 0.337 e. The highest BCUT2D eigenvalue weighted by Gasteiger charge is 2.22. The quantitative estimate of drug-likeness (QED) is 0.804. The molecule has 0 bridgehead atoms. The molecule has 1 fully saturated rings. The minimum atomic E-state index is -3.89. The van der Waals surface area contributed by atoms with E-state index in [4.69, 9.17) is 28.3 Å². The molecule has 2 rings (SSSR count). The second-order valence-electron chi connectivity index (χ2n) is 5.01. The molecular formula is C13H16Cl2N2O4S. The Morgan fingerprint density at radius 3 is 2.45 bits per heavy atom. The number of rotatable bonds is 6. The molecule has 0 aliphatic carbocycles. The van der Waals surface area contributed by atoms with Crippen molar-refractivity contribution in [1.82, 2.24) is 9.62 Å². The molecule has 22 heavy (non-hydrogen) atoms. The maximum atomic E-state index is 12.3. The monoisotopic (exact) mass is 366 g/mol. The lowest BCUT2D eigenvalue weighted by molar-refractivity contribution is 0.0697. The first kappa shape index (κ1) is 17.5. The molecule has 1 aliphatic rings. The van der Waals surface area contributed by atoms with Gasteiger partial charge in [-0.05, 0) is 38.1 Å². The number of halogens is 2. The largest absolute Gasteiger partial charge is 0.478 e. The third kappa shape index (κ3) is 4.11. The molecule has 0 aromatic heterocycles. The number of carboxylic acid groups (broad SMARTS) is 1. The van der Waals surface area contributed by atoms with Gasteiger partial charge in [0, 0.05) is 13.1 Å². The molecule has 9 heteroatoms. The third-order valence-corrected chi connectivity index (χ3v) is 5.70. The summed E-state index contributed by atoms with van der Waals surface area (Å²) in [6.07, 6.45) is 2.25. The Bertz CT molecular complexity index is 673. The number of carbonyl (C=O) groups is 1. The van der Waals surface area contributed by atoms with Crippen LogP contribution < -0.4 is 4.72 Å². The summed E-state index contributed by atoms with van der Waals surface area (Å²) in [7, 11) is -3.89. The highest BCUT2D eigenvalue weighted by molar-refractivity contribution is 7.89. The Kier molecular flexibility index (Phi) is 5.68. The van der Waals surface area contributed by atoms with Crippen LogP contribution in [0.2, 0.25) is 10.0 Å². The molecule has 1 aliphatic heterocycles. The minimum absolute atomic E-state index is 0.103. The van der Waals surface area contributed by atoms with Crippen LogP contribution in [0.4, 0.5) is 0 Å². The number of benzene rings is 1. The maximum Gasteiger partial charge on any atom is 0.337 e. The molecule has 122 valence electrons. The predicted molar refractivity (Wildman–Crippen MR) is 84.3 cm³/mol. The standard InChI is InChI=1S/C13H16Cl2N2O4S/c14-10-8-11(15)12(7-9(10)13(18)19)22(20,21)16-3-6-17-4-1-2-5-17/h7-8,16H,1-6H2,(H,18,19). The minimum Gasteiger partial charge on any atom is -0.478 e. The molecule has 0 atom stereocenters. The van der Waals surface area contributed by atoms with Gasteiger partial charge in [0.05, 0.1) is 15.6 Å². The van der Waals surface area contributed by atoms with Gasteiger partial charge in [-0.1, -0.05) is 23.2 Å². The van der Waals surface area contributed by atoms with Crippen molar-refractivity contribution in [1.29, 1.82) is 0 Å². The van der Waals surface area contributed by atoms with Crippen LogP contribution >= 0.6 is 23.2 Å². The van der Waals surface area contributed by atoms with E-state index in [9.17, 15) is 13.2 Å².